The molecule has 0 aromatic heterocycles. The molecular weight excluding hydrogens is 248 g/mol. The molecule has 2 N–H and O–H groups in total. The van der Waals surface area contributed by atoms with Crippen molar-refractivity contribution in [3.05, 3.63) is 29.3 Å². The van der Waals surface area contributed by atoms with E-state index in [1.54, 1.807) is 0 Å². The van der Waals surface area contributed by atoms with E-state index in [0.29, 0.717) is 17.6 Å². The Balaban J connectivity index is 1.71. The summed E-state index contributed by atoms with van der Waals surface area (Å²) >= 11 is 0. The van der Waals surface area contributed by atoms with E-state index in [4.69, 9.17) is 0 Å². The first-order valence-electron chi connectivity index (χ1n) is 8.09. The number of rotatable bonds is 0. The van der Waals surface area contributed by atoms with E-state index >= 15 is 0 Å². The number of benzene rings is 1. The lowest BCUT2D eigenvalue weighted by Gasteiger charge is -2.50. The Hall–Kier alpha value is -1.02. The predicted molar refractivity (Wildman–Crippen MR) is 78.7 cm³/mol. The highest BCUT2D eigenvalue weighted by atomic mass is 16.3. The molecule has 2 heteroatoms. The number of phenols is 1. The molecule has 1 aromatic rings. The van der Waals surface area contributed by atoms with Gasteiger partial charge in [-0.05, 0) is 85.0 Å². The van der Waals surface area contributed by atoms with Crippen molar-refractivity contribution in [1.82, 2.24) is 0 Å². The van der Waals surface area contributed by atoms with Crippen LogP contribution in [0.1, 0.15) is 56.1 Å². The largest absolute Gasteiger partial charge is 0.508 e. The number of phenolic OH excluding ortho intramolecular Hbond substituents is 1. The van der Waals surface area contributed by atoms with Gasteiger partial charge in [-0.2, -0.15) is 0 Å². The first-order chi connectivity index (χ1) is 9.59. The van der Waals surface area contributed by atoms with Crippen LogP contribution in [0.25, 0.3) is 0 Å². The lowest BCUT2D eigenvalue weighted by molar-refractivity contribution is -0.0226. The molecule has 0 spiro atoms. The van der Waals surface area contributed by atoms with Gasteiger partial charge >= 0.3 is 0 Å². The first-order valence-corrected chi connectivity index (χ1v) is 8.09. The summed E-state index contributed by atoms with van der Waals surface area (Å²) < 4.78 is 0. The monoisotopic (exact) mass is 272 g/mol. The first kappa shape index (κ1) is 12.7. The highest BCUT2D eigenvalue weighted by Crippen LogP contribution is 2.60. The van der Waals surface area contributed by atoms with Crippen molar-refractivity contribution in [3.8, 4) is 5.75 Å². The van der Waals surface area contributed by atoms with Crippen LogP contribution in [0.5, 0.6) is 5.75 Å². The third kappa shape index (κ3) is 1.60. The van der Waals surface area contributed by atoms with Gasteiger partial charge in [0.05, 0.1) is 6.10 Å². The van der Waals surface area contributed by atoms with Gasteiger partial charge in [0, 0.05) is 0 Å². The molecule has 1 aromatic carbocycles. The van der Waals surface area contributed by atoms with Crippen molar-refractivity contribution >= 4 is 0 Å². The summed E-state index contributed by atoms with van der Waals surface area (Å²) in [5.74, 6) is 2.49. The van der Waals surface area contributed by atoms with Crippen LogP contribution in [0.2, 0.25) is 0 Å². The van der Waals surface area contributed by atoms with Crippen molar-refractivity contribution in [2.24, 2.45) is 17.3 Å². The van der Waals surface area contributed by atoms with Crippen LogP contribution in [-0.4, -0.2) is 16.3 Å². The molecule has 2 nitrogen and oxygen atoms in total. The third-order valence-corrected chi connectivity index (χ3v) is 6.66. The van der Waals surface area contributed by atoms with Crippen LogP contribution < -0.4 is 0 Å². The predicted octanol–water partition coefficient (Wildman–Crippen LogP) is 3.61. The number of hydrogen-bond acceptors (Lipinski definition) is 2. The Bertz CT molecular complexity index is 538. The van der Waals surface area contributed by atoms with Gasteiger partial charge in [0.1, 0.15) is 5.75 Å². The molecular formula is C18H24O2. The van der Waals surface area contributed by atoms with E-state index in [1.807, 2.05) is 12.1 Å². The normalized spacial score (nSPS) is 42.7. The minimum Gasteiger partial charge on any atom is -0.508 e. The lowest BCUT2D eigenvalue weighted by Crippen LogP contribution is -2.43. The Labute approximate surface area is 120 Å². The SMILES string of the molecule is C[C@]12CC[C@@H]3c4ccc(O)cc4CC[C@@H]3[C@H]1CC[C@@H]2O. The summed E-state index contributed by atoms with van der Waals surface area (Å²) in [6, 6.07) is 5.96. The zero-order valence-corrected chi connectivity index (χ0v) is 12.2. The van der Waals surface area contributed by atoms with Crippen LogP contribution in [0, 0.1) is 17.3 Å². The highest BCUT2D eigenvalue weighted by Gasteiger charge is 2.54. The molecule has 0 radical (unpaired) electrons. The topological polar surface area (TPSA) is 40.5 Å². The van der Waals surface area contributed by atoms with Crippen molar-refractivity contribution in [2.75, 3.05) is 0 Å². The van der Waals surface area contributed by atoms with E-state index < -0.39 is 0 Å². The summed E-state index contributed by atoms with van der Waals surface area (Å²) in [7, 11) is 0. The van der Waals surface area contributed by atoms with E-state index in [1.165, 1.54) is 30.4 Å². The molecule has 4 rings (SSSR count). The third-order valence-electron chi connectivity index (χ3n) is 6.66. The second kappa shape index (κ2) is 4.24. The maximum atomic E-state index is 10.4. The van der Waals surface area contributed by atoms with E-state index in [2.05, 4.69) is 13.0 Å². The summed E-state index contributed by atoms with van der Waals surface area (Å²) in [6.45, 7) is 2.32. The van der Waals surface area contributed by atoms with Crippen LogP contribution in [0.4, 0.5) is 0 Å². The molecule has 20 heavy (non-hydrogen) atoms. The maximum Gasteiger partial charge on any atom is 0.115 e. The smallest absolute Gasteiger partial charge is 0.115 e. The highest BCUT2D eigenvalue weighted by molar-refractivity contribution is 5.40. The Morgan fingerprint density at radius 2 is 2.00 bits per heavy atom. The van der Waals surface area contributed by atoms with Crippen molar-refractivity contribution < 1.29 is 10.2 Å². The van der Waals surface area contributed by atoms with E-state index in [-0.39, 0.29) is 11.5 Å². The molecule has 3 aliphatic rings. The molecule has 0 amide bonds. The molecule has 5 atom stereocenters. The van der Waals surface area contributed by atoms with Crippen molar-refractivity contribution in [1.29, 1.82) is 0 Å². The van der Waals surface area contributed by atoms with Gasteiger partial charge in [0.2, 0.25) is 0 Å². The molecule has 108 valence electrons. The van der Waals surface area contributed by atoms with E-state index in [9.17, 15) is 10.2 Å². The van der Waals surface area contributed by atoms with Crippen LogP contribution >= 0.6 is 0 Å². The van der Waals surface area contributed by atoms with E-state index in [0.717, 1.165) is 25.2 Å². The van der Waals surface area contributed by atoms with Crippen LogP contribution in [-0.2, 0) is 6.42 Å². The number of aliphatic hydroxyl groups is 1. The van der Waals surface area contributed by atoms with Gasteiger partial charge in [-0.1, -0.05) is 13.0 Å². The lowest BCUT2D eigenvalue weighted by atomic mass is 9.55. The summed E-state index contributed by atoms with van der Waals surface area (Å²) in [6.07, 6.45) is 6.78. The fourth-order valence-corrected chi connectivity index (χ4v) is 5.54. The molecule has 0 bridgehead atoms. The Kier molecular flexibility index (Phi) is 2.69. The van der Waals surface area contributed by atoms with Crippen LogP contribution in [0.15, 0.2) is 18.2 Å². The number of aromatic hydroxyl groups is 1. The minimum absolute atomic E-state index is 0.0883. The van der Waals surface area contributed by atoms with Gasteiger partial charge in [0.25, 0.3) is 0 Å². The molecule has 0 aliphatic heterocycles. The number of fused-ring (bicyclic) bond motifs is 5. The fourth-order valence-electron chi connectivity index (χ4n) is 5.54. The summed E-state index contributed by atoms with van der Waals surface area (Å²) in [5, 5.41) is 20.0. The Morgan fingerprint density at radius 1 is 1.15 bits per heavy atom. The molecule has 0 unspecified atom stereocenters. The second-order valence-corrected chi connectivity index (χ2v) is 7.44. The zero-order chi connectivity index (χ0) is 13.9. The average molecular weight is 272 g/mol. The quantitative estimate of drug-likeness (QED) is 0.757. The van der Waals surface area contributed by atoms with Crippen molar-refractivity contribution in [2.45, 2.75) is 57.5 Å². The molecule has 2 saturated carbocycles. The number of aliphatic hydroxyl groups excluding tert-OH is 1. The Morgan fingerprint density at radius 3 is 2.85 bits per heavy atom. The molecule has 2 fully saturated rings. The summed E-state index contributed by atoms with van der Waals surface area (Å²) in [4.78, 5) is 0. The maximum absolute atomic E-state index is 10.4. The standard InChI is InChI=1S/C18H24O2/c1-18-9-8-14-13-5-3-12(19)10-11(13)2-4-15(14)16(18)6-7-17(18)20/h3,5,10,14-17,19-20H,2,4,6-9H2,1H3/t14-,15+,16-,17+,18+/m1/s1. The minimum atomic E-state index is -0.0883. The van der Waals surface area contributed by atoms with Crippen LogP contribution in [0.3, 0.4) is 0 Å². The van der Waals surface area contributed by atoms with Gasteiger partial charge in [-0.3, -0.25) is 0 Å². The van der Waals surface area contributed by atoms with Gasteiger partial charge in [0.15, 0.2) is 0 Å². The number of hydrogen-bond donors (Lipinski definition) is 2. The zero-order valence-electron chi connectivity index (χ0n) is 12.2. The second-order valence-electron chi connectivity index (χ2n) is 7.44. The number of aryl methyl sites for hydroxylation is 1. The molecule has 0 saturated heterocycles. The van der Waals surface area contributed by atoms with Crippen molar-refractivity contribution in [3.63, 3.8) is 0 Å². The van der Waals surface area contributed by atoms with Gasteiger partial charge in [-0.25, -0.2) is 0 Å². The molecule has 0 heterocycles. The fraction of sp³-hybridized carbons (Fsp3) is 0.667. The van der Waals surface area contributed by atoms with Gasteiger partial charge in [-0.15, -0.1) is 0 Å². The molecule has 3 aliphatic carbocycles. The summed E-state index contributed by atoms with van der Waals surface area (Å²) in [5.41, 5.74) is 2.99. The van der Waals surface area contributed by atoms with Gasteiger partial charge < -0.3 is 10.2 Å². The average Bonchev–Trinajstić information content (AvgIpc) is 2.74.